The summed E-state index contributed by atoms with van der Waals surface area (Å²) in [7, 11) is 0. The van der Waals surface area contributed by atoms with Gasteiger partial charge in [0, 0.05) is 4.91 Å². The van der Waals surface area contributed by atoms with Crippen molar-refractivity contribution >= 4 is 5.69 Å². The minimum atomic E-state index is -1.19. The molecule has 0 aromatic carbocycles. The van der Waals surface area contributed by atoms with E-state index in [9.17, 15) is 10.2 Å². The number of hydrogen-bond acceptors (Lipinski definition) is 5. The Morgan fingerprint density at radius 3 is 2.88 bits per heavy atom. The molecule has 7 nitrogen and oxygen atoms in total. The average molecular weight is 223 g/mol. The quantitative estimate of drug-likeness (QED) is 0.393. The van der Waals surface area contributed by atoms with Crippen molar-refractivity contribution in [2.24, 2.45) is 5.11 Å². The molecule has 0 fully saturated rings. The van der Waals surface area contributed by atoms with Gasteiger partial charge in [0.1, 0.15) is 6.10 Å². The number of aliphatic hydroxyl groups is 2. The van der Waals surface area contributed by atoms with E-state index in [1.807, 2.05) is 0 Å². The lowest BCUT2D eigenvalue weighted by Gasteiger charge is -2.15. The molecule has 2 unspecified atom stereocenters. The van der Waals surface area contributed by atoms with Crippen LogP contribution in [-0.2, 0) is 0 Å². The van der Waals surface area contributed by atoms with Gasteiger partial charge in [-0.25, -0.2) is 0 Å². The van der Waals surface area contributed by atoms with Gasteiger partial charge in [0.2, 0.25) is 0 Å². The Balaban J connectivity index is 2.82. The number of rotatable bonds is 4. The van der Waals surface area contributed by atoms with E-state index in [-0.39, 0.29) is 6.54 Å². The van der Waals surface area contributed by atoms with E-state index >= 15 is 0 Å². The summed E-state index contributed by atoms with van der Waals surface area (Å²) in [4.78, 5) is 6.40. The molecule has 1 rings (SSSR count). The lowest BCUT2D eigenvalue weighted by atomic mass is 10.1. The zero-order valence-electron chi connectivity index (χ0n) is 8.78. The lowest BCUT2D eigenvalue weighted by molar-refractivity contribution is 0.0218. The van der Waals surface area contributed by atoms with E-state index in [4.69, 9.17) is 11.3 Å². The minimum Gasteiger partial charge on any atom is -0.397 e. The highest BCUT2D eigenvalue weighted by molar-refractivity contribution is 5.44. The first kappa shape index (κ1) is 12.3. The maximum absolute atomic E-state index is 9.69. The molecule has 86 valence electrons. The monoisotopic (exact) mass is 223 g/mol. The molecule has 16 heavy (non-hydrogen) atoms. The molecule has 0 bridgehead atoms. The van der Waals surface area contributed by atoms with Crippen LogP contribution in [-0.4, -0.2) is 27.8 Å². The van der Waals surface area contributed by atoms with Crippen LogP contribution in [0.3, 0.4) is 0 Å². The predicted octanol–water partition coefficient (Wildman–Crippen LogP) is 0.677. The number of nitrogens with zero attached hydrogens (tertiary/aromatic N) is 4. The fraction of sp³-hybridized carbons (Fsp3) is 0.444. The largest absolute Gasteiger partial charge is 0.397 e. The fourth-order valence-corrected chi connectivity index (χ4v) is 1.17. The third-order valence-corrected chi connectivity index (χ3v) is 2.17. The first-order chi connectivity index (χ1) is 7.56. The van der Waals surface area contributed by atoms with Crippen LogP contribution in [0.15, 0.2) is 17.4 Å². The van der Waals surface area contributed by atoms with E-state index in [0.29, 0.717) is 11.4 Å². The molecular weight excluding hydrogens is 210 g/mol. The standard InChI is InChI=1S/C9H13N5O2/c1-5-2-7(12-3-6(5)10)9(16)8(15)4-13-14-11/h2-3,8-9,15-16H,4,10H2,1H3. The Labute approximate surface area is 92.2 Å². The number of hydrogen-bond donors (Lipinski definition) is 3. The first-order valence-corrected chi connectivity index (χ1v) is 4.65. The molecule has 1 heterocycles. The fourth-order valence-electron chi connectivity index (χ4n) is 1.17. The summed E-state index contributed by atoms with van der Waals surface area (Å²) in [6, 6.07) is 1.58. The second-order valence-electron chi connectivity index (χ2n) is 3.39. The van der Waals surface area contributed by atoms with Crippen LogP contribution in [0.25, 0.3) is 10.4 Å². The second kappa shape index (κ2) is 5.32. The summed E-state index contributed by atoms with van der Waals surface area (Å²) in [6.45, 7) is 1.57. The van der Waals surface area contributed by atoms with Crippen molar-refractivity contribution in [3.8, 4) is 0 Å². The molecule has 0 aliphatic carbocycles. The normalized spacial score (nSPS) is 13.9. The van der Waals surface area contributed by atoms with E-state index in [2.05, 4.69) is 15.0 Å². The average Bonchev–Trinajstić information content (AvgIpc) is 2.28. The maximum atomic E-state index is 9.69. The molecule has 0 saturated carbocycles. The van der Waals surface area contributed by atoms with Crippen LogP contribution in [0.1, 0.15) is 17.4 Å². The number of pyridine rings is 1. The molecule has 0 aliphatic rings. The highest BCUT2D eigenvalue weighted by atomic mass is 16.3. The van der Waals surface area contributed by atoms with Crippen molar-refractivity contribution in [3.05, 3.63) is 34.0 Å². The summed E-state index contributed by atoms with van der Waals surface area (Å²) in [5.41, 5.74) is 15.2. The summed E-state index contributed by atoms with van der Waals surface area (Å²) >= 11 is 0. The maximum Gasteiger partial charge on any atom is 0.122 e. The van der Waals surface area contributed by atoms with Crippen molar-refractivity contribution in [1.29, 1.82) is 0 Å². The molecule has 4 N–H and O–H groups in total. The van der Waals surface area contributed by atoms with Crippen molar-refractivity contribution < 1.29 is 10.2 Å². The van der Waals surface area contributed by atoms with Gasteiger partial charge in [0.25, 0.3) is 0 Å². The number of aromatic nitrogens is 1. The smallest absolute Gasteiger partial charge is 0.122 e. The summed E-state index contributed by atoms with van der Waals surface area (Å²) in [5.74, 6) is 0. The molecule has 2 atom stereocenters. The van der Waals surface area contributed by atoms with Gasteiger partial charge >= 0.3 is 0 Å². The predicted molar refractivity (Wildman–Crippen MR) is 58.4 cm³/mol. The number of aryl methyl sites for hydroxylation is 1. The minimum absolute atomic E-state index is 0.206. The van der Waals surface area contributed by atoms with E-state index < -0.39 is 12.2 Å². The van der Waals surface area contributed by atoms with E-state index in [1.165, 1.54) is 6.20 Å². The lowest BCUT2D eigenvalue weighted by Crippen LogP contribution is -2.22. The Morgan fingerprint density at radius 1 is 1.62 bits per heavy atom. The zero-order chi connectivity index (χ0) is 12.1. The van der Waals surface area contributed by atoms with E-state index in [0.717, 1.165) is 5.56 Å². The van der Waals surface area contributed by atoms with Gasteiger partial charge in [-0.1, -0.05) is 5.11 Å². The number of nitrogen functional groups attached to an aromatic ring is 1. The Morgan fingerprint density at radius 2 is 2.31 bits per heavy atom. The van der Waals surface area contributed by atoms with Crippen LogP contribution in [0.5, 0.6) is 0 Å². The van der Waals surface area contributed by atoms with Crippen LogP contribution in [0.2, 0.25) is 0 Å². The number of aliphatic hydroxyl groups excluding tert-OH is 2. The van der Waals surface area contributed by atoms with Crippen LogP contribution < -0.4 is 5.73 Å². The molecular formula is C9H13N5O2. The number of nitrogens with two attached hydrogens (primary N) is 1. The Kier molecular flexibility index (Phi) is 4.07. The number of anilines is 1. The highest BCUT2D eigenvalue weighted by Crippen LogP contribution is 2.18. The molecule has 1 aromatic rings. The van der Waals surface area contributed by atoms with Crippen LogP contribution in [0, 0.1) is 6.92 Å². The third-order valence-electron chi connectivity index (χ3n) is 2.17. The molecule has 0 spiro atoms. The Bertz CT molecular complexity index is 416. The topological polar surface area (TPSA) is 128 Å². The molecule has 0 amide bonds. The van der Waals surface area contributed by atoms with Crippen molar-refractivity contribution in [1.82, 2.24) is 4.98 Å². The molecule has 7 heteroatoms. The van der Waals surface area contributed by atoms with Gasteiger partial charge < -0.3 is 15.9 Å². The third kappa shape index (κ3) is 2.83. The van der Waals surface area contributed by atoms with Gasteiger partial charge in [0.15, 0.2) is 0 Å². The molecule has 0 radical (unpaired) electrons. The highest BCUT2D eigenvalue weighted by Gasteiger charge is 2.19. The SMILES string of the molecule is Cc1cc(C(O)C(O)CN=[N+]=[N-])ncc1N. The van der Waals surface area contributed by atoms with Gasteiger partial charge in [0.05, 0.1) is 30.2 Å². The van der Waals surface area contributed by atoms with Gasteiger partial charge in [-0.2, -0.15) is 0 Å². The summed E-state index contributed by atoms with van der Waals surface area (Å²) in [5, 5.41) is 22.3. The Hall–Kier alpha value is -1.82. The molecule has 1 aromatic heterocycles. The van der Waals surface area contributed by atoms with Crippen LogP contribution >= 0.6 is 0 Å². The second-order valence-corrected chi connectivity index (χ2v) is 3.39. The summed E-state index contributed by atoms with van der Waals surface area (Å²) in [6.07, 6.45) is -0.954. The first-order valence-electron chi connectivity index (χ1n) is 4.65. The van der Waals surface area contributed by atoms with E-state index in [1.54, 1.807) is 13.0 Å². The van der Waals surface area contributed by atoms with Crippen molar-refractivity contribution in [2.75, 3.05) is 12.3 Å². The van der Waals surface area contributed by atoms with Crippen LogP contribution in [0.4, 0.5) is 5.69 Å². The van der Waals surface area contributed by atoms with Crippen molar-refractivity contribution in [2.45, 2.75) is 19.1 Å². The van der Waals surface area contributed by atoms with Gasteiger partial charge in [-0.05, 0) is 24.1 Å². The van der Waals surface area contributed by atoms with Gasteiger partial charge in [-0.3, -0.25) is 4.98 Å². The summed E-state index contributed by atoms with van der Waals surface area (Å²) < 4.78 is 0. The van der Waals surface area contributed by atoms with Gasteiger partial charge in [-0.15, -0.1) is 0 Å². The molecule has 0 saturated heterocycles. The molecule has 0 aliphatic heterocycles. The number of azide groups is 1. The zero-order valence-corrected chi connectivity index (χ0v) is 8.78. The van der Waals surface area contributed by atoms with Crippen molar-refractivity contribution in [3.63, 3.8) is 0 Å².